The number of aliphatic hydroxyl groups excluding tert-OH is 1. The quantitative estimate of drug-likeness (QED) is 0.872. The van der Waals surface area contributed by atoms with E-state index in [1.165, 1.54) is 17.8 Å². The fourth-order valence-electron chi connectivity index (χ4n) is 1.74. The zero-order valence-corrected chi connectivity index (χ0v) is 11.5. The van der Waals surface area contributed by atoms with Crippen LogP contribution in [0.2, 0.25) is 0 Å². The number of pyridine rings is 1. The molecule has 0 spiro atoms. The van der Waals surface area contributed by atoms with E-state index < -0.39 is 18.1 Å². The maximum absolute atomic E-state index is 11.2. The molecule has 0 aliphatic heterocycles. The van der Waals surface area contributed by atoms with E-state index in [9.17, 15) is 15.0 Å². The highest BCUT2D eigenvalue weighted by Gasteiger charge is 2.28. The van der Waals surface area contributed by atoms with E-state index in [-0.39, 0.29) is 0 Å². The molecule has 2 aromatic heterocycles. The van der Waals surface area contributed by atoms with Gasteiger partial charge in [-0.3, -0.25) is 9.55 Å². The lowest BCUT2D eigenvalue weighted by atomic mass is 10.1. The van der Waals surface area contributed by atoms with Crippen molar-refractivity contribution in [1.82, 2.24) is 19.7 Å². The van der Waals surface area contributed by atoms with Gasteiger partial charge in [-0.25, -0.2) is 4.79 Å². The van der Waals surface area contributed by atoms with Crippen LogP contribution in [0.1, 0.15) is 13.0 Å². The molecule has 0 saturated heterocycles. The van der Waals surface area contributed by atoms with Crippen molar-refractivity contribution in [3.63, 3.8) is 0 Å². The molecule has 100 valence electrons. The van der Waals surface area contributed by atoms with Crippen molar-refractivity contribution >= 4 is 21.9 Å². The number of hydrogen-bond donors (Lipinski definition) is 2. The van der Waals surface area contributed by atoms with Crippen LogP contribution in [0.15, 0.2) is 29.3 Å². The molecule has 7 nitrogen and oxygen atoms in total. The first-order chi connectivity index (χ1) is 9.00. The Morgan fingerprint density at radius 3 is 2.79 bits per heavy atom. The molecule has 2 heterocycles. The Balaban J connectivity index is 2.50. The fraction of sp³-hybridized carbons (Fsp3) is 0.273. The zero-order valence-electron chi connectivity index (χ0n) is 9.93. The van der Waals surface area contributed by atoms with E-state index in [0.29, 0.717) is 11.4 Å². The van der Waals surface area contributed by atoms with E-state index in [1.54, 1.807) is 18.5 Å². The van der Waals surface area contributed by atoms with Gasteiger partial charge in [0.25, 0.3) is 0 Å². The van der Waals surface area contributed by atoms with Gasteiger partial charge < -0.3 is 10.2 Å². The minimum absolute atomic E-state index is 0.335. The van der Waals surface area contributed by atoms with Crippen molar-refractivity contribution in [3.05, 3.63) is 29.3 Å². The van der Waals surface area contributed by atoms with Crippen molar-refractivity contribution in [2.45, 2.75) is 19.1 Å². The summed E-state index contributed by atoms with van der Waals surface area (Å²) in [5.41, 5.74) is 0.610. The van der Waals surface area contributed by atoms with E-state index in [2.05, 4.69) is 31.1 Å². The molecule has 0 aromatic carbocycles. The third-order valence-corrected chi connectivity index (χ3v) is 2.98. The second-order valence-electron chi connectivity index (χ2n) is 3.98. The summed E-state index contributed by atoms with van der Waals surface area (Å²) in [6.07, 6.45) is 3.36. The lowest BCUT2D eigenvalue weighted by Gasteiger charge is -2.18. The predicted octanol–water partition coefficient (Wildman–Crippen LogP) is 1.11. The number of aliphatic carboxylic acids is 1. The lowest BCUT2D eigenvalue weighted by Crippen LogP contribution is -2.29. The summed E-state index contributed by atoms with van der Waals surface area (Å²) in [6.45, 7) is 1.40. The van der Waals surface area contributed by atoms with Gasteiger partial charge in [-0.15, -0.1) is 10.2 Å². The summed E-state index contributed by atoms with van der Waals surface area (Å²) < 4.78 is 2.06. The molecule has 2 aromatic rings. The standard InChI is InChI=1S/C11H11BrN4O3/c1-6(17)9(11(18)19)16-5-14-15-10(16)7-2-8(12)4-13-3-7/h2-6,9,17H,1H3,(H,18,19). The van der Waals surface area contributed by atoms with Gasteiger partial charge in [-0.2, -0.15) is 0 Å². The van der Waals surface area contributed by atoms with Gasteiger partial charge in [0, 0.05) is 22.4 Å². The number of carboxylic acid groups (broad SMARTS) is 1. The van der Waals surface area contributed by atoms with E-state index in [4.69, 9.17) is 0 Å². The van der Waals surface area contributed by atoms with Crippen LogP contribution in [0, 0.1) is 0 Å². The van der Waals surface area contributed by atoms with Gasteiger partial charge in [-0.1, -0.05) is 0 Å². The number of carbonyl (C=O) groups is 1. The molecule has 0 aliphatic rings. The van der Waals surface area contributed by atoms with E-state index in [1.807, 2.05) is 0 Å². The van der Waals surface area contributed by atoms with Crippen molar-refractivity contribution in [2.75, 3.05) is 0 Å². The second-order valence-corrected chi connectivity index (χ2v) is 4.89. The van der Waals surface area contributed by atoms with Gasteiger partial charge in [0.2, 0.25) is 0 Å². The Bertz CT molecular complexity index is 599. The molecule has 8 heteroatoms. The van der Waals surface area contributed by atoms with Gasteiger partial charge in [0.1, 0.15) is 6.33 Å². The van der Waals surface area contributed by atoms with Gasteiger partial charge in [0.05, 0.1) is 6.10 Å². The molecular formula is C11H11BrN4O3. The van der Waals surface area contributed by atoms with Crippen molar-refractivity contribution in [3.8, 4) is 11.4 Å². The van der Waals surface area contributed by atoms with E-state index >= 15 is 0 Å². The Morgan fingerprint density at radius 1 is 1.47 bits per heavy atom. The Hall–Kier alpha value is -1.80. The summed E-state index contributed by atoms with van der Waals surface area (Å²) in [4.78, 5) is 15.2. The topological polar surface area (TPSA) is 101 Å². The molecule has 0 bridgehead atoms. The van der Waals surface area contributed by atoms with Crippen LogP contribution in [0.4, 0.5) is 0 Å². The van der Waals surface area contributed by atoms with E-state index in [0.717, 1.165) is 4.47 Å². The smallest absolute Gasteiger partial charge is 0.329 e. The van der Waals surface area contributed by atoms with Crippen LogP contribution < -0.4 is 0 Å². The zero-order chi connectivity index (χ0) is 14.0. The molecule has 0 aliphatic carbocycles. The number of carboxylic acids is 1. The predicted molar refractivity (Wildman–Crippen MR) is 69.3 cm³/mol. The van der Waals surface area contributed by atoms with Gasteiger partial charge in [0.15, 0.2) is 11.9 Å². The summed E-state index contributed by atoms with van der Waals surface area (Å²) >= 11 is 3.28. The molecule has 2 rings (SSSR count). The number of aromatic nitrogens is 4. The highest BCUT2D eigenvalue weighted by Crippen LogP contribution is 2.24. The minimum Gasteiger partial charge on any atom is -0.480 e. The minimum atomic E-state index is -1.15. The van der Waals surface area contributed by atoms with Crippen LogP contribution in [0.3, 0.4) is 0 Å². The highest BCUT2D eigenvalue weighted by atomic mass is 79.9. The number of halogens is 1. The van der Waals surface area contributed by atoms with Crippen LogP contribution in [-0.4, -0.2) is 42.0 Å². The van der Waals surface area contributed by atoms with Crippen LogP contribution >= 0.6 is 15.9 Å². The molecule has 2 N–H and O–H groups in total. The second kappa shape index (κ2) is 5.45. The average molecular weight is 327 g/mol. The third kappa shape index (κ3) is 2.79. The molecule has 0 amide bonds. The Kier molecular flexibility index (Phi) is 3.91. The third-order valence-electron chi connectivity index (χ3n) is 2.55. The Labute approximate surface area is 117 Å². The number of nitrogens with zero attached hydrogens (tertiary/aromatic N) is 4. The first kappa shape index (κ1) is 13.6. The molecule has 19 heavy (non-hydrogen) atoms. The SMILES string of the molecule is CC(O)C(C(=O)O)n1cnnc1-c1cncc(Br)c1. The fourth-order valence-corrected chi connectivity index (χ4v) is 2.11. The average Bonchev–Trinajstić information content (AvgIpc) is 2.77. The monoisotopic (exact) mass is 326 g/mol. The number of hydrogen-bond acceptors (Lipinski definition) is 5. The highest BCUT2D eigenvalue weighted by molar-refractivity contribution is 9.10. The van der Waals surface area contributed by atoms with Gasteiger partial charge >= 0.3 is 5.97 Å². The summed E-state index contributed by atoms with van der Waals surface area (Å²) in [6, 6.07) is 0.595. The van der Waals surface area contributed by atoms with Crippen molar-refractivity contribution in [2.24, 2.45) is 0 Å². The van der Waals surface area contributed by atoms with Crippen LogP contribution in [-0.2, 0) is 4.79 Å². The first-order valence-electron chi connectivity index (χ1n) is 5.42. The summed E-state index contributed by atoms with van der Waals surface area (Å²) in [5.74, 6) is -0.818. The van der Waals surface area contributed by atoms with Crippen molar-refractivity contribution < 1.29 is 15.0 Å². The maximum atomic E-state index is 11.2. The molecule has 2 atom stereocenters. The largest absolute Gasteiger partial charge is 0.480 e. The van der Waals surface area contributed by atoms with Crippen molar-refractivity contribution in [1.29, 1.82) is 0 Å². The van der Waals surface area contributed by atoms with Crippen LogP contribution in [0.25, 0.3) is 11.4 Å². The summed E-state index contributed by atoms with van der Waals surface area (Å²) in [5, 5.41) is 26.4. The van der Waals surface area contributed by atoms with Gasteiger partial charge in [-0.05, 0) is 28.9 Å². The normalized spacial score (nSPS) is 14.1. The van der Waals surface area contributed by atoms with Crippen LogP contribution in [0.5, 0.6) is 0 Å². The molecule has 2 unspecified atom stereocenters. The number of rotatable bonds is 4. The summed E-state index contributed by atoms with van der Waals surface area (Å²) in [7, 11) is 0. The number of aliphatic hydroxyl groups is 1. The molecule has 0 fully saturated rings. The lowest BCUT2D eigenvalue weighted by molar-refractivity contribution is -0.144. The maximum Gasteiger partial charge on any atom is 0.329 e. The first-order valence-corrected chi connectivity index (χ1v) is 6.21. The Morgan fingerprint density at radius 2 is 2.21 bits per heavy atom. The molecular weight excluding hydrogens is 316 g/mol. The molecule has 0 saturated carbocycles. The molecule has 0 radical (unpaired) electrons.